The van der Waals surface area contributed by atoms with Crippen LogP contribution in [0.1, 0.15) is 23.3 Å². The van der Waals surface area contributed by atoms with E-state index in [2.05, 4.69) is 10.3 Å². The summed E-state index contributed by atoms with van der Waals surface area (Å²) < 4.78 is 42.2. The van der Waals surface area contributed by atoms with Crippen molar-refractivity contribution >= 4 is 27.6 Å². The number of hydrogen-bond acceptors (Lipinski definition) is 7. The summed E-state index contributed by atoms with van der Waals surface area (Å²) in [4.78, 5) is 26.9. The maximum absolute atomic E-state index is 12.5. The van der Waals surface area contributed by atoms with Crippen molar-refractivity contribution in [3.8, 4) is 11.5 Å². The van der Waals surface area contributed by atoms with Crippen LogP contribution in [0.15, 0.2) is 35.4 Å². The molecule has 0 atom stereocenters. The molecule has 0 aliphatic carbocycles. The minimum Gasteiger partial charge on any atom is -0.486 e. The van der Waals surface area contributed by atoms with Crippen LogP contribution in [-0.4, -0.2) is 62.5 Å². The fourth-order valence-electron chi connectivity index (χ4n) is 3.25. The van der Waals surface area contributed by atoms with E-state index in [4.69, 9.17) is 14.2 Å². The number of carbonyl (C=O) groups excluding carboxylic acids is 2. The largest absolute Gasteiger partial charge is 0.486 e. The van der Waals surface area contributed by atoms with Crippen LogP contribution in [-0.2, 0) is 19.6 Å². The zero-order chi connectivity index (χ0) is 21.1. The van der Waals surface area contributed by atoms with E-state index in [-0.39, 0.29) is 10.6 Å². The molecule has 30 heavy (non-hydrogen) atoms. The Morgan fingerprint density at radius 3 is 2.60 bits per heavy atom. The number of aromatic amines is 1. The number of benzene rings is 1. The van der Waals surface area contributed by atoms with E-state index in [1.54, 1.807) is 18.2 Å². The summed E-state index contributed by atoms with van der Waals surface area (Å²) in [6.07, 6.45) is 2.88. The van der Waals surface area contributed by atoms with Gasteiger partial charge in [0.1, 0.15) is 23.8 Å². The van der Waals surface area contributed by atoms with Gasteiger partial charge in [-0.25, -0.2) is 13.2 Å². The summed E-state index contributed by atoms with van der Waals surface area (Å²) in [5.41, 5.74) is 0.430. The maximum Gasteiger partial charge on any atom is 0.355 e. The van der Waals surface area contributed by atoms with E-state index < -0.39 is 28.5 Å². The Labute approximate surface area is 173 Å². The van der Waals surface area contributed by atoms with Gasteiger partial charge in [0, 0.05) is 31.0 Å². The van der Waals surface area contributed by atoms with E-state index in [1.807, 2.05) is 0 Å². The predicted octanol–water partition coefficient (Wildman–Crippen LogP) is 1.37. The van der Waals surface area contributed by atoms with Crippen molar-refractivity contribution in [1.29, 1.82) is 0 Å². The third-order valence-corrected chi connectivity index (χ3v) is 6.62. The van der Waals surface area contributed by atoms with Crippen molar-refractivity contribution in [3.05, 3.63) is 36.2 Å². The second-order valence-corrected chi connectivity index (χ2v) is 8.78. The van der Waals surface area contributed by atoms with Crippen LogP contribution in [0.5, 0.6) is 11.5 Å². The van der Waals surface area contributed by atoms with Crippen molar-refractivity contribution < 1.29 is 32.2 Å². The maximum atomic E-state index is 12.5. The van der Waals surface area contributed by atoms with Crippen molar-refractivity contribution in [2.75, 3.05) is 38.2 Å². The number of rotatable bonds is 6. The number of nitrogens with one attached hydrogen (secondary N) is 2. The summed E-state index contributed by atoms with van der Waals surface area (Å²) in [6.45, 7) is 1.29. The molecule has 3 heterocycles. The predicted molar refractivity (Wildman–Crippen MR) is 105 cm³/mol. The Morgan fingerprint density at radius 2 is 1.83 bits per heavy atom. The van der Waals surface area contributed by atoms with Gasteiger partial charge in [-0.3, -0.25) is 4.79 Å². The Bertz CT molecular complexity index is 1060. The molecule has 1 amide bonds. The van der Waals surface area contributed by atoms with E-state index in [0.29, 0.717) is 43.5 Å². The van der Waals surface area contributed by atoms with Gasteiger partial charge in [-0.05, 0) is 31.0 Å². The summed E-state index contributed by atoms with van der Waals surface area (Å²) in [5, 5.41) is 2.60. The number of anilines is 1. The number of carbonyl (C=O) groups is 2. The number of H-pyrrole nitrogens is 1. The van der Waals surface area contributed by atoms with E-state index >= 15 is 0 Å². The van der Waals surface area contributed by atoms with Gasteiger partial charge in [-0.2, -0.15) is 4.31 Å². The fourth-order valence-corrected chi connectivity index (χ4v) is 4.76. The molecule has 1 aromatic carbocycles. The zero-order valence-electron chi connectivity index (χ0n) is 16.0. The molecule has 2 aliphatic heterocycles. The number of ether oxygens (including phenoxy) is 3. The third-order valence-electron chi connectivity index (χ3n) is 4.74. The molecule has 0 unspecified atom stereocenters. The van der Waals surface area contributed by atoms with Crippen LogP contribution >= 0.6 is 0 Å². The lowest BCUT2D eigenvalue weighted by Gasteiger charge is -2.18. The normalized spacial score (nSPS) is 16.3. The van der Waals surface area contributed by atoms with Crippen LogP contribution in [0.25, 0.3) is 0 Å². The standard InChI is InChI=1S/C19H21N3O7S/c23-18(21-13-3-4-16-17(9-13)28-8-7-27-16)12-29-19(24)15-10-14(11-20-15)30(25,26)22-5-1-2-6-22/h3-4,9-11,20H,1-2,5-8,12H2,(H,21,23). The number of aromatic nitrogens is 1. The van der Waals surface area contributed by atoms with Crippen LogP contribution in [0.2, 0.25) is 0 Å². The molecule has 160 valence electrons. The number of fused-ring (bicyclic) bond motifs is 1. The molecule has 2 N–H and O–H groups in total. The lowest BCUT2D eigenvalue weighted by Crippen LogP contribution is -2.27. The Balaban J connectivity index is 1.32. The average Bonchev–Trinajstić information content (AvgIpc) is 3.45. The molecule has 10 nitrogen and oxygen atoms in total. The van der Waals surface area contributed by atoms with Crippen LogP contribution in [0.4, 0.5) is 5.69 Å². The van der Waals surface area contributed by atoms with Gasteiger partial charge in [-0.1, -0.05) is 0 Å². The van der Waals surface area contributed by atoms with Crippen LogP contribution in [0.3, 0.4) is 0 Å². The quantitative estimate of drug-likeness (QED) is 0.656. The second kappa shape index (κ2) is 8.36. The van der Waals surface area contributed by atoms with Crippen LogP contribution < -0.4 is 14.8 Å². The number of hydrogen-bond donors (Lipinski definition) is 2. The van der Waals surface area contributed by atoms with Crippen molar-refractivity contribution in [2.45, 2.75) is 17.7 Å². The molecule has 2 aliphatic rings. The first kappa shape index (κ1) is 20.2. The van der Waals surface area contributed by atoms with Gasteiger partial charge < -0.3 is 24.5 Å². The first-order chi connectivity index (χ1) is 14.4. The highest BCUT2D eigenvalue weighted by Crippen LogP contribution is 2.32. The lowest BCUT2D eigenvalue weighted by atomic mass is 10.2. The van der Waals surface area contributed by atoms with Crippen molar-refractivity contribution in [1.82, 2.24) is 9.29 Å². The molecule has 1 fully saturated rings. The monoisotopic (exact) mass is 435 g/mol. The molecule has 0 bridgehead atoms. The molecule has 0 radical (unpaired) electrons. The molecule has 0 spiro atoms. The van der Waals surface area contributed by atoms with Gasteiger partial charge in [0.15, 0.2) is 18.1 Å². The Kier molecular flexibility index (Phi) is 5.64. The number of esters is 1. The molecule has 11 heteroatoms. The Hall–Kier alpha value is -3.05. The van der Waals surface area contributed by atoms with Crippen molar-refractivity contribution in [2.24, 2.45) is 0 Å². The molecule has 4 rings (SSSR count). The summed E-state index contributed by atoms with van der Waals surface area (Å²) in [6, 6.07) is 6.16. The molecular weight excluding hydrogens is 414 g/mol. The summed E-state index contributed by atoms with van der Waals surface area (Å²) in [7, 11) is -3.64. The number of sulfonamides is 1. The highest BCUT2D eigenvalue weighted by atomic mass is 32.2. The first-order valence-corrected chi connectivity index (χ1v) is 10.9. The molecule has 1 saturated heterocycles. The fraction of sp³-hybridized carbons (Fsp3) is 0.368. The van der Waals surface area contributed by atoms with E-state index in [1.165, 1.54) is 16.6 Å². The third kappa shape index (κ3) is 4.26. The smallest absolute Gasteiger partial charge is 0.355 e. The summed E-state index contributed by atoms with van der Waals surface area (Å²) >= 11 is 0. The van der Waals surface area contributed by atoms with Gasteiger partial charge in [0.05, 0.1) is 0 Å². The zero-order valence-corrected chi connectivity index (χ0v) is 16.9. The molecule has 2 aromatic rings. The highest BCUT2D eigenvalue weighted by molar-refractivity contribution is 7.89. The lowest BCUT2D eigenvalue weighted by molar-refractivity contribution is -0.119. The number of nitrogens with zero attached hydrogens (tertiary/aromatic N) is 1. The first-order valence-electron chi connectivity index (χ1n) is 9.49. The molecular formula is C19H21N3O7S. The van der Waals surface area contributed by atoms with Gasteiger partial charge >= 0.3 is 5.97 Å². The highest BCUT2D eigenvalue weighted by Gasteiger charge is 2.29. The van der Waals surface area contributed by atoms with E-state index in [9.17, 15) is 18.0 Å². The Morgan fingerprint density at radius 1 is 1.10 bits per heavy atom. The minimum absolute atomic E-state index is 0.00270. The number of amides is 1. The SMILES string of the molecule is O=C(COC(=O)c1cc(S(=O)(=O)N2CCCC2)c[nH]1)Nc1ccc2c(c1)OCCO2. The molecule has 1 aromatic heterocycles. The van der Waals surface area contributed by atoms with Crippen molar-refractivity contribution in [3.63, 3.8) is 0 Å². The van der Waals surface area contributed by atoms with Gasteiger partial charge in [0.25, 0.3) is 5.91 Å². The second-order valence-electron chi connectivity index (χ2n) is 6.84. The average molecular weight is 435 g/mol. The topological polar surface area (TPSA) is 127 Å². The molecule has 0 saturated carbocycles. The van der Waals surface area contributed by atoms with Gasteiger partial charge in [-0.15, -0.1) is 0 Å². The van der Waals surface area contributed by atoms with E-state index in [0.717, 1.165) is 12.8 Å². The summed E-state index contributed by atoms with van der Waals surface area (Å²) in [5.74, 6) is -0.252. The minimum atomic E-state index is -3.64. The van der Waals surface area contributed by atoms with Gasteiger partial charge in [0.2, 0.25) is 10.0 Å². The van der Waals surface area contributed by atoms with Crippen LogP contribution in [0, 0.1) is 0 Å².